The maximum absolute atomic E-state index is 13.0. The van der Waals surface area contributed by atoms with Gasteiger partial charge in [0.2, 0.25) is 11.1 Å². The van der Waals surface area contributed by atoms with Crippen LogP contribution in [0.5, 0.6) is 0 Å². The summed E-state index contributed by atoms with van der Waals surface area (Å²) in [6, 6.07) is 11.0. The molecule has 0 saturated heterocycles. The molecule has 0 radical (unpaired) electrons. The predicted octanol–water partition coefficient (Wildman–Crippen LogP) is 3.04. The number of nitrogens with zero attached hydrogens (tertiary/aromatic N) is 3. The molecule has 1 atom stereocenters. The third-order valence-electron chi connectivity index (χ3n) is 4.56. The van der Waals surface area contributed by atoms with Gasteiger partial charge in [-0.25, -0.2) is 4.90 Å². The zero-order chi connectivity index (χ0) is 19.8. The molecule has 144 valence electrons. The van der Waals surface area contributed by atoms with Crippen LogP contribution in [0.2, 0.25) is 0 Å². The SMILES string of the molecule is CCCSc1n[n+]2c(c(=O)[nH]1)-c1ccccc1N(C(C)=O)[C@@H]2c1ccc(C)o1. The second-order valence-corrected chi connectivity index (χ2v) is 7.71. The average molecular weight is 397 g/mol. The van der Waals surface area contributed by atoms with Gasteiger partial charge < -0.3 is 4.42 Å². The molecule has 1 amide bonds. The summed E-state index contributed by atoms with van der Waals surface area (Å²) in [5.74, 6) is 1.96. The molecule has 3 heterocycles. The van der Waals surface area contributed by atoms with Crippen molar-refractivity contribution >= 4 is 23.4 Å². The van der Waals surface area contributed by atoms with Crippen LogP contribution in [0.1, 0.15) is 38.0 Å². The number of para-hydroxylation sites is 1. The molecule has 0 aliphatic carbocycles. The number of carbonyl (C=O) groups excluding carboxylic acids is 1. The van der Waals surface area contributed by atoms with E-state index in [1.807, 2.05) is 43.3 Å². The van der Waals surface area contributed by atoms with Crippen LogP contribution in [0, 0.1) is 6.92 Å². The Labute approximate surface area is 166 Å². The van der Waals surface area contributed by atoms with Crippen LogP contribution in [-0.2, 0) is 4.79 Å². The first-order valence-electron chi connectivity index (χ1n) is 9.15. The highest BCUT2D eigenvalue weighted by atomic mass is 32.2. The Hall–Kier alpha value is -2.87. The number of hydrogen-bond acceptors (Lipinski definition) is 5. The summed E-state index contributed by atoms with van der Waals surface area (Å²) in [6.07, 6.45) is 0.290. The van der Waals surface area contributed by atoms with Gasteiger partial charge in [-0.05, 0) is 42.3 Å². The first kappa shape index (κ1) is 18.5. The fraction of sp³-hybridized carbons (Fsp3) is 0.300. The summed E-state index contributed by atoms with van der Waals surface area (Å²) in [5.41, 5.74) is 1.50. The highest BCUT2D eigenvalue weighted by molar-refractivity contribution is 7.99. The van der Waals surface area contributed by atoms with Crippen molar-refractivity contribution in [3.63, 3.8) is 0 Å². The number of rotatable bonds is 4. The topological polar surface area (TPSA) is 83.1 Å². The molecule has 2 aromatic heterocycles. The second-order valence-electron chi connectivity index (χ2n) is 6.63. The number of amides is 1. The molecular formula is C20H21N4O3S+. The summed E-state index contributed by atoms with van der Waals surface area (Å²) in [5, 5.41) is 5.20. The normalized spacial score (nSPS) is 15.2. The van der Waals surface area contributed by atoms with E-state index < -0.39 is 6.17 Å². The number of fused-ring (bicyclic) bond motifs is 3. The number of carbonyl (C=O) groups is 1. The summed E-state index contributed by atoms with van der Waals surface area (Å²) in [4.78, 5) is 30.2. The van der Waals surface area contributed by atoms with Crippen molar-refractivity contribution in [2.24, 2.45) is 0 Å². The second kappa shape index (κ2) is 7.27. The van der Waals surface area contributed by atoms with Gasteiger partial charge in [0, 0.05) is 17.8 Å². The Bertz CT molecular complexity index is 1100. The molecule has 0 spiro atoms. The van der Waals surface area contributed by atoms with E-state index in [0.717, 1.165) is 17.9 Å². The fourth-order valence-corrected chi connectivity index (χ4v) is 4.13. The van der Waals surface area contributed by atoms with Crippen LogP contribution >= 0.6 is 11.8 Å². The van der Waals surface area contributed by atoms with Crippen LogP contribution in [0.15, 0.2) is 50.8 Å². The molecule has 1 aliphatic rings. The van der Waals surface area contributed by atoms with Crippen molar-refractivity contribution in [1.29, 1.82) is 0 Å². The monoisotopic (exact) mass is 397 g/mol. The van der Waals surface area contributed by atoms with E-state index in [9.17, 15) is 9.59 Å². The molecule has 0 saturated carbocycles. The maximum atomic E-state index is 13.0. The van der Waals surface area contributed by atoms with Crippen molar-refractivity contribution in [3.8, 4) is 11.3 Å². The third kappa shape index (κ3) is 3.03. The van der Waals surface area contributed by atoms with E-state index in [4.69, 9.17) is 4.42 Å². The molecule has 0 bridgehead atoms. The van der Waals surface area contributed by atoms with Crippen LogP contribution in [0.4, 0.5) is 5.69 Å². The number of hydrogen-bond donors (Lipinski definition) is 1. The van der Waals surface area contributed by atoms with E-state index in [0.29, 0.717) is 27.9 Å². The number of nitrogens with one attached hydrogen (secondary N) is 1. The number of furan rings is 1. The lowest BCUT2D eigenvalue weighted by Gasteiger charge is -2.29. The zero-order valence-electron chi connectivity index (χ0n) is 15.9. The lowest BCUT2D eigenvalue weighted by molar-refractivity contribution is -0.764. The quantitative estimate of drug-likeness (QED) is 0.540. The number of aromatic nitrogens is 3. The fourth-order valence-electron chi connectivity index (χ4n) is 3.43. The molecule has 8 heteroatoms. The highest BCUT2D eigenvalue weighted by Gasteiger charge is 2.46. The molecule has 0 fully saturated rings. The maximum Gasteiger partial charge on any atom is 0.325 e. The van der Waals surface area contributed by atoms with Gasteiger partial charge in [-0.1, -0.05) is 30.8 Å². The van der Waals surface area contributed by atoms with Gasteiger partial charge in [-0.15, -0.1) is 0 Å². The third-order valence-corrected chi connectivity index (χ3v) is 5.63. The largest absolute Gasteiger partial charge is 0.457 e. The molecule has 4 rings (SSSR count). The molecule has 1 aliphatic heterocycles. The lowest BCUT2D eigenvalue weighted by atomic mass is 10.0. The van der Waals surface area contributed by atoms with E-state index in [1.54, 1.807) is 9.58 Å². The zero-order valence-corrected chi connectivity index (χ0v) is 16.7. The van der Waals surface area contributed by atoms with Crippen LogP contribution in [0.3, 0.4) is 0 Å². The minimum atomic E-state index is -0.667. The number of thioether (sulfide) groups is 1. The van der Waals surface area contributed by atoms with Gasteiger partial charge in [0.15, 0.2) is 5.76 Å². The Morgan fingerprint density at radius 3 is 2.79 bits per heavy atom. The minimum absolute atomic E-state index is 0.158. The van der Waals surface area contributed by atoms with Gasteiger partial charge >= 0.3 is 17.4 Å². The Kier molecular flexibility index (Phi) is 4.80. The van der Waals surface area contributed by atoms with Crippen molar-refractivity contribution < 1.29 is 13.9 Å². The van der Waals surface area contributed by atoms with Crippen molar-refractivity contribution in [2.45, 2.75) is 38.5 Å². The smallest absolute Gasteiger partial charge is 0.325 e. The Morgan fingerprint density at radius 2 is 2.11 bits per heavy atom. The van der Waals surface area contributed by atoms with Crippen molar-refractivity contribution in [1.82, 2.24) is 10.1 Å². The van der Waals surface area contributed by atoms with E-state index in [-0.39, 0.29) is 11.5 Å². The van der Waals surface area contributed by atoms with E-state index in [1.165, 1.54) is 18.7 Å². The average Bonchev–Trinajstić information content (AvgIpc) is 3.10. The number of H-pyrrole nitrogens is 1. The van der Waals surface area contributed by atoms with Crippen LogP contribution in [0.25, 0.3) is 11.3 Å². The molecule has 28 heavy (non-hydrogen) atoms. The number of aryl methyl sites for hydroxylation is 1. The van der Waals surface area contributed by atoms with Crippen LogP contribution < -0.4 is 15.1 Å². The summed E-state index contributed by atoms with van der Waals surface area (Å²) >= 11 is 1.48. The first-order valence-corrected chi connectivity index (χ1v) is 10.1. The molecular weight excluding hydrogens is 376 g/mol. The molecule has 3 aromatic rings. The standard InChI is InChI=1S/C20H20N4O3S/c1-4-11-28-20-21-18(26)17-14-7-5-6-8-15(14)23(13(3)25)19(24(17)22-20)16-10-9-12(2)27-16/h5-10,19H,4,11H2,1-3H3/p+1/t19-/m0/s1. The molecule has 1 aromatic carbocycles. The van der Waals surface area contributed by atoms with Gasteiger partial charge in [0.25, 0.3) is 0 Å². The van der Waals surface area contributed by atoms with Gasteiger partial charge in [-0.2, -0.15) is 0 Å². The Balaban J connectivity index is 2.02. The van der Waals surface area contributed by atoms with E-state index in [2.05, 4.69) is 17.0 Å². The molecule has 0 unspecified atom stereocenters. The minimum Gasteiger partial charge on any atom is -0.457 e. The number of anilines is 1. The number of benzene rings is 1. The predicted molar refractivity (Wildman–Crippen MR) is 106 cm³/mol. The van der Waals surface area contributed by atoms with E-state index >= 15 is 0 Å². The number of aromatic amines is 1. The summed E-state index contributed by atoms with van der Waals surface area (Å²) < 4.78 is 7.47. The first-order chi connectivity index (χ1) is 13.5. The molecule has 7 nitrogen and oxygen atoms in total. The van der Waals surface area contributed by atoms with Crippen molar-refractivity contribution in [3.05, 3.63) is 58.3 Å². The summed E-state index contributed by atoms with van der Waals surface area (Å²) in [7, 11) is 0. The van der Waals surface area contributed by atoms with Crippen molar-refractivity contribution in [2.75, 3.05) is 10.7 Å². The van der Waals surface area contributed by atoms with Crippen LogP contribution in [-0.4, -0.2) is 21.7 Å². The highest BCUT2D eigenvalue weighted by Crippen LogP contribution is 2.37. The molecule has 1 N–H and O–H groups in total. The van der Waals surface area contributed by atoms with Gasteiger partial charge in [-0.3, -0.25) is 14.6 Å². The Morgan fingerprint density at radius 1 is 1.32 bits per heavy atom. The summed E-state index contributed by atoms with van der Waals surface area (Å²) in [6.45, 7) is 5.42. The van der Waals surface area contributed by atoms with Gasteiger partial charge in [0.05, 0.1) is 11.3 Å². The van der Waals surface area contributed by atoms with Gasteiger partial charge in [0.1, 0.15) is 5.76 Å². The lowest BCUT2D eigenvalue weighted by Crippen LogP contribution is -2.60.